The molecule has 1 saturated heterocycles. The van der Waals surface area contributed by atoms with Crippen LogP contribution in [0.2, 0.25) is 0 Å². The first kappa shape index (κ1) is 11.4. The van der Waals surface area contributed by atoms with E-state index in [1.165, 1.54) is 0 Å². The lowest BCUT2D eigenvalue weighted by Gasteiger charge is -2.13. The number of anilines is 2. The predicted octanol–water partition coefficient (Wildman–Crippen LogP) is 0.519. The number of nitrogens with zero attached hydrogens (tertiary/aromatic N) is 4. The zero-order valence-corrected chi connectivity index (χ0v) is 10.9. The largest absolute Gasteiger partial charge is 0.383 e. The van der Waals surface area contributed by atoms with E-state index in [0.717, 1.165) is 36.1 Å². The topological polar surface area (TPSA) is 107 Å². The predicted molar refractivity (Wildman–Crippen MR) is 77.3 cm³/mol. The van der Waals surface area contributed by atoms with Gasteiger partial charge in [-0.1, -0.05) is 0 Å². The van der Waals surface area contributed by atoms with E-state index < -0.39 is 0 Å². The van der Waals surface area contributed by atoms with Gasteiger partial charge in [-0.05, 0) is 19.0 Å². The van der Waals surface area contributed by atoms with Crippen molar-refractivity contribution in [3.8, 4) is 0 Å². The van der Waals surface area contributed by atoms with Crippen molar-refractivity contribution in [1.29, 1.82) is 0 Å². The molecule has 0 bridgehead atoms. The van der Waals surface area contributed by atoms with Crippen molar-refractivity contribution in [3.63, 3.8) is 0 Å². The molecule has 5 N–H and O–H groups in total. The summed E-state index contributed by atoms with van der Waals surface area (Å²) in [6.45, 7) is 1.94. The second-order valence-electron chi connectivity index (χ2n) is 5.14. The first-order chi connectivity index (χ1) is 9.74. The molecular weight excluding hydrogens is 254 g/mol. The molecule has 1 aliphatic rings. The molecule has 0 spiro atoms. The van der Waals surface area contributed by atoms with Crippen LogP contribution < -0.4 is 16.8 Å². The van der Waals surface area contributed by atoms with Crippen LogP contribution in [0.5, 0.6) is 0 Å². The number of hydrogen-bond acceptors (Lipinski definition) is 6. The average Bonchev–Trinajstić information content (AvgIpc) is 3.10. The fraction of sp³-hybridized carbons (Fsp3) is 0.308. The highest BCUT2D eigenvalue weighted by molar-refractivity contribution is 5.82. The van der Waals surface area contributed by atoms with E-state index in [0.29, 0.717) is 23.2 Å². The molecule has 20 heavy (non-hydrogen) atoms. The van der Waals surface area contributed by atoms with Gasteiger partial charge in [-0.3, -0.25) is 4.40 Å². The van der Waals surface area contributed by atoms with Gasteiger partial charge in [0.1, 0.15) is 29.0 Å². The molecule has 4 heterocycles. The number of fused-ring (bicyclic) bond motifs is 3. The summed E-state index contributed by atoms with van der Waals surface area (Å²) in [5, 5.41) is 3.34. The Morgan fingerprint density at radius 1 is 1.25 bits per heavy atom. The van der Waals surface area contributed by atoms with Crippen LogP contribution in [0.1, 0.15) is 17.9 Å². The Labute approximate surface area is 115 Å². The van der Waals surface area contributed by atoms with Crippen molar-refractivity contribution in [2.24, 2.45) is 0 Å². The maximum Gasteiger partial charge on any atom is 0.166 e. The van der Waals surface area contributed by atoms with E-state index in [-0.39, 0.29) is 0 Å². The Bertz CT molecular complexity index is 801. The normalized spacial score (nSPS) is 19.1. The zero-order valence-electron chi connectivity index (χ0n) is 10.9. The molecule has 0 aromatic carbocycles. The molecule has 4 rings (SSSR count). The summed E-state index contributed by atoms with van der Waals surface area (Å²) in [4.78, 5) is 13.0. The van der Waals surface area contributed by atoms with Crippen LogP contribution in [0.15, 0.2) is 18.6 Å². The van der Waals surface area contributed by atoms with Crippen molar-refractivity contribution in [2.45, 2.75) is 12.3 Å². The smallest absolute Gasteiger partial charge is 0.166 e. The molecule has 7 nitrogen and oxygen atoms in total. The van der Waals surface area contributed by atoms with Crippen molar-refractivity contribution in [3.05, 3.63) is 24.2 Å². The minimum atomic E-state index is 0.397. The van der Waals surface area contributed by atoms with E-state index in [9.17, 15) is 0 Å². The number of pyridine rings is 1. The Balaban J connectivity index is 2.01. The van der Waals surface area contributed by atoms with Crippen LogP contribution in [-0.2, 0) is 0 Å². The van der Waals surface area contributed by atoms with E-state index in [1.54, 1.807) is 12.5 Å². The fourth-order valence-electron chi connectivity index (χ4n) is 2.87. The van der Waals surface area contributed by atoms with Gasteiger partial charge >= 0.3 is 0 Å². The number of aromatic nitrogens is 4. The molecule has 3 aromatic heterocycles. The lowest BCUT2D eigenvalue weighted by Crippen LogP contribution is -2.11. The van der Waals surface area contributed by atoms with E-state index in [4.69, 9.17) is 11.5 Å². The van der Waals surface area contributed by atoms with Gasteiger partial charge in [0.15, 0.2) is 5.65 Å². The third-order valence-electron chi connectivity index (χ3n) is 3.91. The van der Waals surface area contributed by atoms with Crippen LogP contribution in [0, 0.1) is 0 Å². The van der Waals surface area contributed by atoms with Gasteiger partial charge in [0.25, 0.3) is 0 Å². The van der Waals surface area contributed by atoms with Gasteiger partial charge in [0.2, 0.25) is 0 Å². The van der Waals surface area contributed by atoms with E-state index >= 15 is 0 Å². The summed E-state index contributed by atoms with van der Waals surface area (Å²) in [7, 11) is 0. The first-order valence-corrected chi connectivity index (χ1v) is 6.62. The molecule has 1 aliphatic heterocycles. The third-order valence-corrected chi connectivity index (χ3v) is 3.91. The molecule has 1 fully saturated rings. The number of nitrogens with one attached hydrogen (secondary N) is 1. The SMILES string of the molecule is Nc1nc2c(cc1C1CCNC1)nc(N)c1cncn12. The molecule has 0 radical (unpaired) electrons. The quantitative estimate of drug-likeness (QED) is 0.594. The summed E-state index contributed by atoms with van der Waals surface area (Å²) >= 11 is 0. The number of rotatable bonds is 1. The summed E-state index contributed by atoms with van der Waals surface area (Å²) < 4.78 is 1.82. The molecule has 102 valence electrons. The Morgan fingerprint density at radius 2 is 2.15 bits per heavy atom. The highest BCUT2D eigenvalue weighted by Gasteiger charge is 2.21. The maximum atomic E-state index is 6.13. The second kappa shape index (κ2) is 4.04. The van der Waals surface area contributed by atoms with E-state index in [2.05, 4.69) is 20.3 Å². The average molecular weight is 269 g/mol. The van der Waals surface area contributed by atoms with Crippen molar-refractivity contribution < 1.29 is 0 Å². The number of imidazole rings is 1. The van der Waals surface area contributed by atoms with Crippen molar-refractivity contribution in [2.75, 3.05) is 24.6 Å². The number of nitrogens with two attached hydrogens (primary N) is 2. The Hall–Kier alpha value is -2.41. The highest BCUT2D eigenvalue weighted by Crippen LogP contribution is 2.29. The summed E-state index contributed by atoms with van der Waals surface area (Å²) in [5.74, 6) is 1.42. The second-order valence-corrected chi connectivity index (χ2v) is 5.14. The van der Waals surface area contributed by atoms with Crippen molar-refractivity contribution >= 4 is 28.3 Å². The standard InChI is InChI=1S/C13H15N7/c14-11-8(7-1-2-16-4-7)3-9-13(19-11)20-6-17-5-10(20)12(15)18-9/h3,5-7,16H,1-2,4H2,(H2,14,19)(H2,15,18). The summed E-state index contributed by atoms with van der Waals surface area (Å²) in [5.41, 5.74) is 15.3. The lowest BCUT2D eigenvalue weighted by molar-refractivity contribution is 0.763. The van der Waals surface area contributed by atoms with Crippen LogP contribution in [0.25, 0.3) is 16.7 Å². The van der Waals surface area contributed by atoms with Gasteiger partial charge in [-0.2, -0.15) is 0 Å². The summed E-state index contributed by atoms with van der Waals surface area (Å²) in [6, 6.07) is 2.01. The van der Waals surface area contributed by atoms with Gasteiger partial charge in [0.05, 0.1) is 6.20 Å². The fourth-order valence-corrected chi connectivity index (χ4v) is 2.87. The molecular formula is C13H15N7. The maximum absolute atomic E-state index is 6.13. The molecule has 0 aliphatic carbocycles. The molecule has 0 amide bonds. The monoisotopic (exact) mass is 269 g/mol. The highest BCUT2D eigenvalue weighted by atomic mass is 15.1. The van der Waals surface area contributed by atoms with Crippen molar-refractivity contribution in [1.82, 2.24) is 24.7 Å². The Kier molecular flexibility index (Phi) is 2.31. The lowest BCUT2D eigenvalue weighted by atomic mass is 9.99. The molecule has 3 aromatic rings. The van der Waals surface area contributed by atoms with Crippen LogP contribution >= 0.6 is 0 Å². The number of nitrogen functional groups attached to an aromatic ring is 2. The van der Waals surface area contributed by atoms with Gasteiger partial charge in [-0.15, -0.1) is 0 Å². The van der Waals surface area contributed by atoms with E-state index in [1.807, 2.05) is 10.5 Å². The van der Waals surface area contributed by atoms with Crippen LogP contribution in [-0.4, -0.2) is 32.4 Å². The molecule has 0 saturated carbocycles. The first-order valence-electron chi connectivity index (χ1n) is 6.62. The molecule has 1 unspecified atom stereocenters. The van der Waals surface area contributed by atoms with Crippen LogP contribution in [0.3, 0.4) is 0 Å². The van der Waals surface area contributed by atoms with Gasteiger partial charge in [-0.25, -0.2) is 15.0 Å². The molecule has 7 heteroatoms. The minimum absolute atomic E-state index is 0.397. The van der Waals surface area contributed by atoms with Crippen LogP contribution in [0.4, 0.5) is 11.6 Å². The number of hydrogen-bond donors (Lipinski definition) is 3. The van der Waals surface area contributed by atoms with Gasteiger partial charge in [0, 0.05) is 18.0 Å². The Morgan fingerprint density at radius 3 is 2.95 bits per heavy atom. The van der Waals surface area contributed by atoms with Gasteiger partial charge < -0.3 is 16.8 Å². The zero-order chi connectivity index (χ0) is 13.7. The molecule has 1 atom stereocenters. The minimum Gasteiger partial charge on any atom is -0.383 e. The third kappa shape index (κ3) is 1.53. The summed E-state index contributed by atoms with van der Waals surface area (Å²) in [6.07, 6.45) is 4.42.